The van der Waals surface area contributed by atoms with Crippen molar-refractivity contribution in [3.05, 3.63) is 90.2 Å². The van der Waals surface area contributed by atoms with Gasteiger partial charge in [-0.05, 0) is 35.9 Å². The van der Waals surface area contributed by atoms with Gasteiger partial charge in [0.05, 0.1) is 19.9 Å². The molecule has 0 aliphatic rings. The molecule has 0 bridgehead atoms. The number of furan rings is 1. The van der Waals surface area contributed by atoms with Gasteiger partial charge in [-0.1, -0.05) is 42.5 Å². The SMILES string of the molecule is COc1ccc(OC)c(NC(=O)c2oc3ccccc3c2NC(=O)/C=C/c2ccccc2)c1. The molecule has 4 rings (SSSR count). The molecule has 7 heteroatoms. The summed E-state index contributed by atoms with van der Waals surface area (Å²) in [5, 5.41) is 6.18. The van der Waals surface area contributed by atoms with Gasteiger partial charge in [-0.2, -0.15) is 0 Å². The van der Waals surface area contributed by atoms with E-state index >= 15 is 0 Å². The topological polar surface area (TPSA) is 89.8 Å². The molecule has 1 aromatic heterocycles. The minimum Gasteiger partial charge on any atom is -0.497 e. The van der Waals surface area contributed by atoms with Crippen LogP contribution in [0.5, 0.6) is 11.5 Å². The quantitative estimate of drug-likeness (QED) is 0.377. The van der Waals surface area contributed by atoms with E-state index < -0.39 is 11.8 Å². The zero-order chi connectivity index (χ0) is 23.2. The van der Waals surface area contributed by atoms with Gasteiger partial charge >= 0.3 is 0 Å². The van der Waals surface area contributed by atoms with Gasteiger partial charge in [-0.25, -0.2) is 0 Å². The fraction of sp³-hybridized carbons (Fsp3) is 0.0769. The molecule has 0 saturated carbocycles. The number of rotatable bonds is 7. The molecular weight excluding hydrogens is 420 g/mol. The molecule has 33 heavy (non-hydrogen) atoms. The maximum Gasteiger partial charge on any atom is 0.293 e. The minimum absolute atomic E-state index is 0.0254. The Kier molecular flexibility index (Phi) is 6.40. The summed E-state index contributed by atoms with van der Waals surface area (Å²) >= 11 is 0. The highest BCUT2D eigenvalue weighted by molar-refractivity contribution is 6.16. The Hall–Kier alpha value is -4.52. The Balaban J connectivity index is 1.64. The van der Waals surface area contributed by atoms with E-state index in [1.54, 1.807) is 48.5 Å². The number of carbonyl (C=O) groups excluding carboxylic acids is 2. The van der Waals surface area contributed by atoms with Gasteiger partial charge in [0.15, 0.2) is 0 Å². The molecule has 0 radical (unpaired) electrons. The van der Waals surface area contributed by atoms with Crippen molar-refractivity contribution in [3.8, 4) is 11.5 Å². The zero-order valence-electron chi connectivity index (χ0n) is 18.1. The molecule has 4 aromatic rings. The van der Waals surface area contributed by atoms with Crippen LogP contribution in [0.15, 0.2) is 83.3 Å². The smallest absolute Gasteiger partial charge is 0.293 e. The van der Waals surface area contributed by atoms with Crippen LogP contribution in [0.4, 0.5) is 11.4 Å². The molecule has 0 fully saturated rings. The van der Waals surface area contributed by atoms with Gasteiger partial charge in [0.1, 0.15) is 22.8 Å². The number of hydrogen-bond acceptors (Lipinski definition) is 5. The molecule has 0 unspecified atom stereocenters. The predicted molar refractivity (Wildman–Crippen MR) is 128 cm³/mol. The number of nitrogens with one attached hydrogen (secondary N) is 2. The van der Waals surface area contributed by atoms with Crippen molar-refractivity contribution in [2.24, 2.45) is 0 Å². The second-order valence-electron chi connectivity index (χ2n) is 7.06. The highest BCUT2D eigenvalue weighted by Gasteiger charge is 2.23. The fourth-order valence-corrected chi connectivity index (χ4v) is 3.32. The molecule has 0 spiro atoms. The van der Waals surface area contributed by atoms with Crippen LogP contribution < -0.4 is 20.1 Å². The third kappa shape index (κ3) is 4.88. The van der Waals surface area contributed by atoms with Crippen molar-refractivity contribution in [1.82, 2.24) is 0 Å². The number of fused-ring (bicyclic) bond motifs is 1. The summed E-state index contributed by atoms with van der Waals surface area (Å²) < 4.78 is 16.4. The minimum atomic E-state index is -0.542. The third-order valence-corrected chi connectivity index (χ3v) is 4.93. The average molecular weight is 442 g/mol. The van der Waals surface area contributed by atoms with Crippen LogP contribution in [-0.4, -0.2) is 26.0 Å². The first-order valence-electron chi connectivity index (χ1n) is 10.2. The molecule has 1 heterocycles. The average Bonchev–Trinajstić information content (AvgIpc) is 3.21. The van der Waals surface area contributed by atoms with Gasteiger partial charge in [0.2, 0.25) is 11.7 Å². The van der Waals surface area contributed by atoms with Gasteiger partial charge in [-0.3, -0.25) is 9.59 Å². The number of anilines is 2. The van der Waals surface area contributed by atoms with E-state index in [1.807, 2.05) is 30.3 Å². The molecule has 0 aliphatic heterocycles. The van der Waals surface area contributed by atoms with Crippen LogP contribution in [0.25, 0.3) is 17.0 Å². The summed E-state index contributed by atoms with van der Waals surface area (Å²) in [5.74, 6) is 0.0490. The molecule has 2 amide bonds. The largest absolute Gasteiger partial charge is 0.497 e. The molecule has 3 aromatic carbocycles. The monoisotopic (exact) mass is 442 g/mol. The third-order valence-electron chi connectivity index (χ3n) is 4.93. The van der Waals surface area contributed by atoms with E-state index in [4.69, 9.17) is 13.9 Å². The van der Waals surface area contributed by atoms with Crippen molar-refractivity contribution in [2.45, 2.75) is 0 Å². The molecule has 2 N–H and O–H groups in total. The van der Waals surface area contributed by atoms with E-state index in [1.165, 1.54) is 20.3 Å². The maximum absolute atomic E-state index is 13.2. The Morgan fingerprint density at radius 3 is 2.39 bits per heavy atom. The van der Waals surface area contributed by atoms with Gasteiger partial charge < -0.3 is 24.5 Å². The van der Waals surface area contributed by atoms with Crippen LogP contribution in [0.2, 0.25) is 0 Å². The molecule has 7 nitrogen and oxygen atoms in total. The Morgan fingerprint density at radius 1 is 0.879 bits per heavy atom. The van der Waals surface area contributed by atoms with Crippen molar-refractivity contribution in [3.63, 3.8) is 0 Å². The van der Waals surface area contributed by atoms with Crippen molar-refractivity contribution in [2.75, 3.05) is 24.9 Å². The second kappa shape index (κ2) is 9.74. The maximum atomic E-state index is 13.2. The predicted octanol–water partition coefficient (Wildman–Crippen LogP) is 5.35. The van der Waals surface area contributed by atoms with Crippen LogP contribution in [0.3, 0.4) is 0 Å². The summed E-state index contributed by atoms with van der Waals surface area (Å²) in [6.45, 7) is 0. The van der Waals surface area contributed by atoms with Crippen LogP contribution in [-0.2, 0) is 4.79 Å². The molecule has 166 valence electrons. The van der Waals surface area contributed by atoms with Crippen molar-refractivity contribution >= 4 is 40.2 Å². The number of amides is 2. The summed E-state index contributed by atoms with van der Waals surface area (Å²) in [4.78, 5) is 25.8. The van der Waals surface area contributed by atoms with Crippen LogP contribution in [0, 0.1) is 0 Å². The van der Waals surface area contributed by atoms with E-state index in [9.17, 15) is 9.59 Å². The number of methoxy groups -OCH3 is 2. The lowest BCUT2D eigenvalue weighted by Crippen LogP contribution is -2.16. The summed E-state index contributed by atoms with van der Waals surface area (Å²) in [6, 6.07) is 21.6. The van der Waals surface area contributed by atoms with E-state index in [-0.39, 0.29) is 11.4 Å². The second-order valence-corrected chi connectivity index (χ2v) is 7.06. The lowest BCUT2D eigenvalue weighted by Gasteiger charge is -2.11. The lowest BCUT2D eigenvalue weighted by atomic mass is 10.2. The number of carbonyl (C=O) groups is 2. The fourth-order valence-electron chi connectivity index (χ4n) is 3.32. The summed E-state index contributed by atoms with van der Waals surface area (Å²) in [5.41, 5.74) is 2.05. The molecular formula is C26H22N2O5. The number of para-hydroxylation sites is 1. The first-order valence-corrected chi connectivity index (χ1v) is 10.2. The summed E-state index contributed by atoms with van der Waals surface area (Å²) in [6.07, 6.45) is 3.10. The molecule has 0 atom stereocenters. The Labute approximate surface area is 190 Å². The van der Waals surface area contributed by atoms with Crippen molar-refractivity contribution in [1.29, 1.82) is 0 Å². The first kappa shape index (κ1) is 21.7. The van der Waals surface area contributed by atoms with Crippen LogP contribution in [0.1, 0.15) is 16.1 Å². The summed E-state index contributed by atoms with van der Waals surface area (Å²) in [7, 11) is 3.03. The lowest BCUT2D eigenvalue weighted by molar-refractivity contribution is -0.111. The number of benzene rings is 3. The van der Waals surface area contributed by atoms with Gasteiger partial charge in [0, 0.05) is 17.5 Å². The molecule has 0 aliphatic carbocycles. The molecule has 0 saturated heterocycles. The van der Waals surface area contributed by atoms with Crippen molar-refractivity contribution < 1.29 is 23.5 Å². The van der Waals surface area contributed by atoms with E-state index in [0.717, 1.165) is 5.56 Å². The first-order chi connectivity index (χ1) is 16.1. The Morgan fingerprint density at radius 2 is 1.64 bits per heavy atom. The highest BCUT2D eigenvalue weighted by Crippen LogP contribution is 2.34. The normalized spacial score (nSPS) is 10.8. The Bertz CT molecular complexity index is 1330. The van der Waals surface area contributed by atoms with Gasteiger partial charge in [0.25, 0.3) is 5.91 Å². The van der Waals surface area contributed by atoms with Gasteiger partial charge in [-0.15, -0.1) is 0 Å². The standard InChI is InChI=1S/C26H22N2O5/c1-31-18-13-14-22(32-2)20(16-18)27-26(30)25-24(19-10-6-7-11-21(19)33-25)28-23(29)15-12-17-8-4-3-5-9-17/h3-16H,1-2H3,(H,27,30)(H,28,29)/b15-12+. The number of ether oxygens (including phenoxy) is 2. The number of hydrogen-bond donors (Lipinski definition) is 2. The van der Waals surface area contributed by atoms with E-state index in [0.29, 0.717) is 28.2 Å². The van der Waals surface area contributed by atoms with Crippen LogP contribution >= 0.6 is 0 Å². The van der Waals surface area contributed by atoms with E-state index in [2.05, 4.69) is 10.6 Å². The highest BCUT2D eigenvalue weighted by atomic mass is 16.5. The zero-order valence-corrected chi connectivity index (χ0v) is 18.1.